The zero-order chi connectivity index (χ0) is 24.3. The van der Waals surface area contributed by atoms with E-state index in [9.17, 15) is 14.4 Å². The maximum absolute atomic E-state index is 13.4. The molecule has 9 heteroatoms. The van der Waals surface area contributed by atoms with Gasteiger partial charge in [-0.05, 0) is 44.2 Å². The van der Waals surface area contributed by atoms with Crippen molar-refractivity contribution in [2.24, 2.45) is 0 Å². The third-order valence-corrected chi connectivity index (χ3v) is 7.41. The SMILES string of the molecule is COCCN1C(=O)N(CC(=O)OC)C(=O)C12CCN(C(C)CCc1c[nH]c3ccccc13)CC2. The number of H-pyrrole nitrogens is 1. The Morgan fingerprint density at radius 3 is 2.62 bits per heavy atom. The molecule has 1 aromatic heterocycles. The number of aryl methyl sites for hydroxylation is 1. The summed E-state index contributed by atoms with van der Waals surface area (Å²) in [6.45, 7) is 3.94. The molecule has 0 saturated carbocycles. The van der Waals surface area contributed by atoms with Crippen molar-refractivity contribution < 1.29 is 23.9 Å². The van der Waals surface area contributed by atoms with Crippen LogP contribution in [0.5, 0.6) is 0 Å². The first-order chi connectivity index (χ1) is 16.4. The maximum atomic E-state index is 13.4. The van der Waals surface area contributed by atoms with Crippen LogP contribution in [0.15, 0.2) is 30.5 Å². The van der Waals surface area contributed by atoms with E-state index in [0.29, 0.717) is 45.1 Å². The molecule has 2 aliphatic rings. The van der Waals surface area contributed by atoms with E-state index in [2.05, 4.69) is 41.2 Å². The number of benzene rings is 1. The molecule has 184 valence electrons. The molecule has 3 heterocycles. The fraction of sp³-hybridized carbons (Fsp3) is 0.560. The van der Waals surface area contributed by atoms with E-state index in [1.807, 2.05) is 6.07 Å². The standard InChI is InChI=1S/C25H34N4O5/c1-18(8-9-19-16-26-21-7-5-4-6-20(19)21)27-12-10-25(11-13-27)23(31)28(17-22(30)34-3)24(32)29(25)14-15-33-2/h4-7,16,18,26H,8-15,17H2,1-3H3. The number of esters is 1. The van der Waals surface area contributed by atoms with Crippen molar-refractivity contribution in [3.05, 3.63) is 36.0 Å². The zero-order valence-corrected chi connectivity index (χ0v) is 20.2. The summed E-state index contributed by atoms with van der Waals surface area (Å²) in [6.07, 6.45) is 5.14. The van der Waals surface area contributed by atoms with Gasteiger partial charge in [0, 0.05) is 49.9 Å². The lowest BCUT2D eigenvalue weighted by Crippen LogP contribution is -2.58. The van der Waals surface area contributed by atoms with Crippen LogP contribution in [-0.4, -0.2) is 96.2 Å². The smallest absolute Gasteiger partial charge is 0.328 e. The molecule has 1 N–H and O–H groups in total. The van der Waals surface area contributed by atoms with Crippen LogP contribution in [0.3, 0.4) is 0 Å². The van der Waals surface area contributed by atoms with Crippen molar-refractivity contribution in [1.82, 2.24) is 19.7 Å². The average molecular weight is 471 g/mol. The number of carbonyl (C=O) groups is 3. The molecule has 1 atom stereocenters. The molecule has 0 bridgehead atoms. The van der Waals surface area contributed by atoms with Gasteiger partial charge in [0.25, 0.3) is 5.91 Å². The average Bonchev–Trinajstić information content (AvgIpc) is 3.35. The van der Waals surface area contributed by atoms with Gasteiger partial charge in [0.1, 0.15) is 12.1 Å². The van der Waals surface area contributed by atoms with Crippen molar-refractivity contribution in [3.63, 3.8) is 0 Å². The number of aromatic amines is 1. The number of likely N-dealkylation sites (tertiary alicyclic amines) is 1. The number of aromatic nitrogens is 1. The van der Waals surface area contributed by atoms with Crippen LogP contribution in [0.2, 0.25) is 0 Å². The number of hydrogen-bond donors (Lipinski definition) is 1. The molecule has 3 amide bonds. The van der Waals surface area contributed by atoms with Crippen LogP contribution >= 0.6 is 0 Å². The Balaban J connectivity index is 1.41. The molecule has 9 nitrogen and oxygen atoms in total. The van der Waals surface area contributed by atoms with E-state index in [-0.39, 0.29) is 12.5 Å². The van der Waals surface area contributed by atoms with Gasteiger partial charge in [-0.1, -0.05) is 18.2 Å². The summed E-state index contributed by atoms with van der Waals surface area (Å²) in [6, 6.07) is 8.24. The molecule has 1 spiro atoms. The third kappa shape index (κ3) is 4.42. The lowest BCUT2D eigenvalue weighted by atomic mass is 9.85. The summed E-state index contributed by atoms with van der Waals surface area (Å²) in [5, 5.41) is 1.27. The van der Waals surface area contributed by atoms with E-state index < -0.39 is 17.5 Å². The number of amides is 3. The summed E-state index contributed by atoms with van der Waals surface area (Å²) in [7, 11) is 2.82. The first kappa shape index (κ1) is 24.2. The lowest BCUT2D eigenvalue weighted by Gasteiger charge is -2.44. The minimum atomic E-state index is -0.920. The molecule has 1 aromatic carbocycles. The highest BCUT2D eigenvalue weighted by atomic mass is 16.5. The number of nitrogens with one attached hydrogen (secondary N) is 1. The van der Waals surface area contributed by atoms with E-state index >= 15 is 0 Å². The summed E-state index contributed by atoms with van der Waals surface area (Å²) >= 11 is 0. The Kier molecular flexibility index (Phi) is 7.23. The number of imide groups is 1. The molecule has 2 saturated heterocycles. The Bertz CT molecular complexity index is 1040. The third-order valence-electron chi connectivity index (χ3n) is 7.41. The minimum Gasteiger partial charge on any atom is -0.468 e. The van der Waals surface area contributed by atoms with Gasteiger partial charge in [-0.3, -0.25) is 14.5 Å². The minimum absolute atomic E-state index is 0.301. The predicted octanol–water partition coefficient (Wildman–Crippen LogP) is 2.41. The number of fused-ring (bicyclic) bond motifs is 1. The molecule has 2 aromatic rings. The van der Waals surface area contributed by atoms with Crippen LogP contribution in [-0.2, 0) is 25.5 Å². The molecule has 2 aliphatic heterocycles. The fourth-order valence-corrected chi connectivity index (χ4v) is 5.31. The second-order valence-electron chi connectivity index (χ2n) is 9.21. The molecular weight excluding hydrogens is 436 g/mol. The Morgan fingerprint density at radius 2 is 1.91 bits per heavy atom. The number of methoxy groups -OCH3 is 2. The van der Waals surface area contributed by atoms with Crippen LogP contribution in [0.25, 0.3) is 10.9 Å². The summed E-state index contributed by atoms with van der Waals surface area (Å²) in [5.74, 6) is -0.904. The number of piperidine rings is 1. The van der Waals surface area contributed by atoms with Gasteiger partial charge in [-0.2, -0.15) is 0 Å². The summed E-state index contributed by atoms with van der Waals surface area (Å²) < 4.78 is 9.88. The number of hydrogen-bond acceptors (Lipinski definition) is 6. The first-order valence-corrected chi connectivity index (χ1v) is 11.9. The molecule has 34 heavy (non-hydrogen) atoms. The largest absolute Gasteiger partial charge is 0.468 e. The molecule has 0 aliphatic carbocycles. The fourth-order valence-electron chi connectivity index (χ4n) is 5.31. The Morgan fingerprint density at radius 1 is 1.18 bits per heavy atom. The Labute approximate surface area is 200 Å². The van der Waals surface area contributed by atoms with Crippen LogP contribution in [0, 0.1) is 0 Å². The van der Waals surface area contributed by atoms with Crippen molar-refractivity contribution in [2.75, 3.05) is 47.0 Å². The lowest BCUT2D eigenvalue weighted by molar-refractivity contribution is -0.146. The van der Waals surface area contributed by atoms with E-state index in [1.54, 1.807) is 12.0 Å². The van der Waals surface area contributed by atoms with Gasteiger partial charge >= 0.3 is 12.0 Å². The van der Waals surface area contributed by atoms with Crippen molar-refractivity contribution in [3.8, 4) is 0 Å². The van der Waals surface area contributed by atoms with Gasteiger partial charge in [0.2, 0.25) is 0 Å². The number of ether oxygens (including phenoxy) is 2. The van der Waals surface area contributed by atoms with Gasteiger partial charge in [0.15, 0.2) is 0 Å². The molecule has 0 radical (unpaired) electrons. The highest BCUT2D eigenvalue weighted by Gasteiger charge is 2.58. The van der Waals surface area contributed by atoms with Crippen molar-refractivity contribution >= 4 is 28.8 Å². The van der Waals surface area contributed by atoms with Gasteiger partial charge in [-0.25, -0.2) is 4.79 Å². The number of para-hydroxylation sites is 1. The molecular formula is C25H34N4O5. The monoisotopic (exact) mass is 470 g/mol. The highest BCUT2D eigenvalue weighted by molar-refractivity contribution is 6.08. The molecule has 2 fully saturated rings. The van der Waals surface area contributed by atoms with E-state index in [0.717, 1.165) is 23.3 Å². The number of carbonyl (C=O) groups excluding carboxylic acids is 3. The van der Waals surface area contributed by atoms with Crippen molar-refractivity contribution in [1.29, 1.82) is 0 Å². The number of urea groups is 1. The maximum Gasteiger partial charge on any atom is 0.328 e. The van der Waals surface area contributed by atoms with Gasteiger partial charge < -0.3 is 24.3 Å². The van der Waals surface area contributed by atoms with E-state index in [1.165, 1.54) is 18.1 Å². The summed E-state index contributed by atoms with van der Waals surface area (Å²) in [4.78, 5) is 46.7. The second-order valence-corrected chi connectivity index (χ2v) is 9.21. The quantitative estimate of drug-likeness (QED) is 0.447. The summed E-state index contributed by atoms with van der Waals surface area (Å²) in [5.41, 5.74) is 1.55. The van der Waals surface area contributed by atoms with Gasteiger partial charge in [0.05, 0.1) is 13.7 Å². The van der Waals surface area contributed by atoms with E-state index in [4.69, 9.17) is 9.47 Å². The first-order valence-electron chi connectivity index (χ1n) is 11.9. The van der Waals surface area contributed by atoms with Crippen LogP contribution in [0.1, 0.15) is 31.7 Å². The van der Waals surface area contributed by atoms with Crippen LogP contribution < -0.4 is 0 Å². The second kappa shape index (κ2) is 10.1. The molecule has 1 unspecified atom stereocenters. The topological polar surface area (TPSA) is 95.2 Å². The molecule has 4 rings (SSSR count). The predicted molar refractivity (Wildman–Crippen MR) is 127 cm³/mol. The highest BCUT2D eigenvalue weighted by Crippen LogP contribution is 2.38. The van der Waals surface area contributed by atoms with Crippen LogP contribution in [0.4, 0.5) is 4.79 Å². The number of nitrogens with zero attached hydrogens (tertiary/aromatic N) is 3. The number of rotatable bonds is 9. The van der Waals surface area contributed by atoms with Gasteiger partial charge in [-0.15, -0.1) is 0 Å². The Hall–Kier alpha value is -2.91. The van der Waals surface area contributed by atoms with Crippen molar-refractivity contribution in [2.45, 2.75) is 44.2 Å². The normalized spacial score (nSPS) is 19.4. The zero-order valence-electron chi connectivity index (χ0n) is 20.2.